The highest BCUT2D eigenvalue weighted by atomic mass is 32.2. The molecule has 2 atom stereocenters. The lowest BCUT2D eigenvalue weighted by atomic mass is 10.2. The molecule has 108 valence electrons. The van der Waals surface area contributed by atoms with E-state index in [2.05, 4.69) is 19.2 Å². The number of nitrogens with one attached hydrogen (secondary N) is 1. The molecule has 1 rings (SSSR count). The number of hydrogen-bond acceptors (Lipinski definition) is 4. The molecule has 1 heterocycles. The number of hydrogen-bond donors (Lipinski definition) is 1. The predicted octanol–water partition coefficient (Wildman–Crippen LogP) is 1.75. The SMILES string of the molecule is CCCNC(CCC)CS(=O)(=O)CC1CCCO1. The minimum absolute atomic E-state index is 0.0662. The van der Waals surface area contributed by atoms with Crippen molar-refractivity contribution in [3.63, 3.8) is 0 Å². The van der Waals surface area contributed by atoms with E-state index in [4.69, 9.17) is 4.74 Å². The van der Waals surface area contributed by atoms with Crippen LogP contribution in [0.2, 0.25) is 0 Å². The van der Waals surface area contributed by atoms with Crippen molar-refractivity contribution in [3.8, 4) is 0 Å². The molecule has 0 radical (unpaired) electrons. The van der Waals surface area contributed by atoms with Crippen LogP contribution in [0.1, 0.15) is 46.0 Å². The van der Waals surface area contributed by atoms with Gasteiger partial charge >= 0.3 is 0 Å². The van der Waals surface area contributed by atoms with Crippen LogP contribution in [0.25, 0.3) is 0 Å². The molecule has 2 unspecified atom stereocenters. The molecule has 0 bridgehead atoms. The van der Waals surface area contributed by atoms with Crippen molar-refractivity contribution in [2.45, 2.75) is 58.1 Å². The molecular formula is C13H27NO3S. The van der Waals surface area contributed by atoms with Gasteiger partial charge < -0.3 is 10.1 Å². The van der Waals surface area contributed by atoms with E-state index in [1.165, 1.54) is 0 Å². The predicted molar refractivity (Wildman–Crippen MR) is 74.6 cm³/mol. The van der Waals surface area contributed by atoms with Gasteiger partial charge in [-0.3, -0.25) is 0 Å². The van der Waals surface area contributed by atoms with Gasteiger partial charge in [0.05, 0.1) is 17.6 Å². The van der Waals surface area contributed by atoms with Gasteiger partial charge in [-0.25, -0.2) is 8.42 Å². The van der Waals surface area contributed by atoms with Crippen LogP contribution < -0.4 is 5.32 Å². The summed E-state index contributed by atoms with van der Waals surface area (Å²) in [7, 11) is -3.00. The lowest BCUT2D eigenvalue weighted by Crippen LogP contribution is -2.38. The average molecular weight is 277 g/mol. The van der Waals surface area contributed by atoms with Crippen LogP contribution in [0.3, 0.4) is 0 Å². The summed E-state index contributed by atoms with van der Waals surface area (Å²) >= 11 is 0. The van der Waals surface area contributed by atoms with E-state index < -0.39 is 9.84 Å². The third kappa shape index (κ3) is 6.16. The monoisotopic (exact) mass is 277 g/mol. The van der Waals surface area contributed by atoms with Crippen LogP contribution in [-0.4, -0.2) is 45.2 Å². The molecule has 0 aliphatic carbocycles. The van der Waals surface area contributed by atoms with Gasteiger partial charge in [0, 0.05) is 12.6 Å². The van der Waals surface area contributed by atoms with Gasteiger partial charge in [0.25, 0.3) is 0 Å². The molecule has 1 N–H and O–H groups in total. The zero-order valence-electron chi connectivity index (χ0n) is 11.7. The van der Waals surface area contributed by atoms with E-state index in [0.717, 1.165) is 38.6 Å². The Bertz CT molecular complexity index is 310. The quantitative estimate of drug-likeness (QED) is 0.697. The Kier molecular flexibility index (Phi) is 7.19. The first-order valence-corrected chi connectivity index (χ1v) is 8.95. The van der Waals surface area contributed by atoms with Gasteiger partial charge in [-0.2, -0.15) is 0 Å². The molecule has 0 saturated carbocycles. The maximum absolute atomic E-state index is 12.1. The topological polar surface area (TPSA) is 55.4 Å². The Labute approximate surface area is 111 Å². The zero-order valence-corrected chi connectivity index (χ0v) is 12.5. The summed E-state index contributed by atoms with van der Waals surface area (Å²) in [5, 5.41) is 3.33. The van der Waals surface area contributed by atoms with E-state index in [1.54, 1.807) is 0 Å². The first-order valence-electron chi connectivity index (χ1n) is 7.12. The van der Waals surface area contributed by atoms with Gasteiger partial charge in [0.1, 0.15) is 0 Å². The molecule has 18 heavy (non-hydrogen) atoms. The van der Waals surface area contributed by atoms with Crippen LogP contribution >= 0.6 is 0 Å². The maximum Gasteiger partial charge on any atom is 0.154 e. The van der Waals surface area contributed by atoms with Gasteiger partial charge in [-0.1, -0.05) is 20.3 Å². The Balaban J connectivity index is 2.43. The standard InChI is InChI=1S/C13H27NO3S/c1-3-6-12(14-8-4-2)10-18(15,16)11-13-7-5-9-17-13/h12-14H,3-11H2,1-2H3. The van der Waals surface area contributed by atoms with E-state index in [1.807, 2.05) is 0 Å². The second kappa shape index (κ2) is 8.12. The summed E-state index contributed by atoms with van der Waals surface area (Å²) in [5.41, 5.74) is 0. The highest BCUT2D eigenvalue weighted by Gasteiger charge is 2.25. The summed E-state index contributed by atoms with van der Waals surface area (Å²) in [6.07, 6.45) is 4.78. The number of sulfone groups is 1. The molecular weight excluding hydrogens is 250 g/mol. The summed E-state index contributed by atoms with van der Waals surface area (Å²) in [4.78, 5) is 0. The molecule has 5 heteroatoms. The van der Waals surface area contributed by atoms with Gasteiger partial charge in [-0.05, 0) is 32.2 Å². The summed E-state index contributed by atoms with van der Waals surface area (Å²) in [6.45, 7) is 5.79. The van der Waals surface area contributed by atoms with Crippen molar-refractivity contribution in [2.24, 2.45) is 0 Å². The van der Waals surface area contributed by atoms with Gasteiger partial charge in [0.15, 0.2) is 9.84 Å². The van der Waals surface area contributed by atoms with Crippen LogP contribution in [0, 0.1) is 0 Å². The first kappa shape index (κ1) is 15.9. The maximum atomic E-state index is 12.1. The summed E-state index contributed by atoms with van der Waals surface area (Å²) in [6, 6.07) is 0.0985. The Hall–Kier alpha value is -0.130. The molecule has 0 aromatic rings. The fourth-order valence-corrected chi connectivity index (χ4v) is 4.24. The zero-order chi connectivity index (χ0) is 13.4. The molecule has 1 aliphatic heterocycles. The fourth-order valence-electron chi connectivity index (χ4n) is 2.37. The van der Waals surface area contributed by atoms with E-state index in [9.17, 15) is 8.42 Å². The van der Waals surface area contributed by atoms with Crippen molar-refractivity contribution in [2.75, 3.05) is 24.7 Å². The summed E-state index contributed by atoms with van der Waals surface area (Å²) in [5.74, 6) is 0.446. The minimum Gasteiger partial charge on any atom is -0.377 e. The van der Waals surface area contributed by atoms with E-state index >= 15 is 0 Å². The minimum atomic E-state index is -3.00. The molecule has 0 spiro atoms. The van der Waals surface area contributed by atoms with Crippen molar-refractivity contribution in [3.05, 3.63) is 0 Å². The Morgan fingerprint density at radius 2 is 2.11 bits per heavy atom. The normalized spacial score (nSPS) is 22.2. The third-order valence-electron chi connectivity index (χ3n) is 3.24. The van der Waals surface area contributed by atoms with Gasteiger partial charge in [-0.15, -0.1) is 0 Å². The molecule has 1 aliphatic rings. The molecule has 1 fully saturated rings. The van der Waals surface area contributed by atoms with Gasteiger partial charge in [0.2, 0.25) is 0 Å². The average Bonchev–Trinajstić information content (AvgIpc) is 2.77. The number of ether oxygens (including phenoxy) is 1. The van der Waals surface area contributed by atoms with E-state index in [-0.39, 0.29) is 23.7 Å². The molecule has 0 amide bonds. The largest absolute Gasteiger partial charge is 0.377 e. The lowest BCUT2D eigenvalue weighted by Gasteiger charge is -2.19. The first-order chi connectivity index (χ1) is 8.57. The highest BCUT2D eigenvalue weighted by molar-refractivity contribution is 7.91. The van der Waals surface area contributed by atoms with Crippen molar-refractivity contribution in [1.82, 2.24) is 5.32 Å². The van der Waals surface area contributed by atoms with Crippen LogP contribution in [0.5, 0.6) is 0 Å². The Morgan fingerprint density at radius 3 is 2.67 bits per heavy atom. The molecule has 0 aromatic heterocycles. The fraction of sp³-hybridized carbons (Fsp3) is 1.00. The lowest BCUT2D eigenvalue weighted by molar-refractivity contribution is 0.127. The van der Waals surface area contributed by atoms with E-state index in [0.29, 0.717) is 6.61 Å². The highest BCUT2D eigenvalue weighted by Crippen LogP contribution is 2.15. The molecule has 4 nitrogen and oxygen atoms in total. The van der Waals surface area contributed by atoms with Crippen molar-refractivity contribution in [1.29, 1.82) is 0 Å². The van der Waals surface area contributed by atoms with Crippen molar-refractivity contribution < 1.29 is 13.2 Å². The number of rotatable bonds is 9. The Morgan fingerprint density at radius 1 is 1.33 bits per heavy atom. The van der Waals surface area contributed by atoms with Crippen LogP contribution in [-0.2, 0) is 14.6 Å². The molecule has 1 saturated heterocycles. The summed E-state index contributed by atoms with van der Waals surface area (Å²) < 4.78 is 29.6. The third-order valence-corrected chi connectivity index (χ3v) is 5.03. The smallest absolute Gasteiger partial charge is 0.154 e. The second-order valence-corrected chi connectivity index (χ2v) is 7.31. The van der Waals surface area contributed by atoms with Crippen LogP contribution in [0.15, 0.2) is 0 Å². The second-order valence-electron chi connectivity index (χ2n) is 5.15. The van der Waals surface area contributed by atoms with Crippen LogP contribution in [0.4, 0.5) is 0 Å². The molecule has 0 aromatic carbocycles. The van der Waals surface area contributed by atoms with Crippen molar-refractivity contribution >= 4 is 9.84 Å².